The van der Waals surface area contributed by atoms with Crippen LogP contribution in [-0.2, 0) is 17.8 Å². The van der Waals surface area contributed by atoms with E-state index in [4.69, 9.17) is 9.26 Å². The van der Waals surface area contributed by atoms with Gasteiger partial charge in [-0.3, -0.25) is 9.78 Å². The predicted molar refractivity (Wildman–Crippen MR) is 113 cm³/mol. The molecule has 5 rings (SSSR count). The number of hydrogen-bond donors (Lipinski definition) is 1. The summed E-state index contributed by atoms with van der Waals surface area (Å²) in [7, 11) is 1.70. The van der Waals surface area contributed by atoms with Gasteiger partial charge in [0.15, 0.2) is 0 Å². The molecule has 0 unspecified atom stereocenters. The molecule has 160 valence electrons. The Morgan fingerprint density at radius 3 is 2.74 bits per heavy atom. The van der Waals surface area contributed by atoms with E-state index in [0.717, 1.165) is 41.1 Å². The molecule has 1 aliphatic carbocycles. The summed E-state index contributed by atoms with van der Waals surface area (Å²) in [6.07, 6.45) is 10.1. The van der Waals surface area contributed by atoms with Gasteiger partial charge >= 0.3 is 0 Å². The molecular weight excluding hydrogens is 394 g/mol. The molecule has 1 saturated carbocycles. The molecule has 9 nitrogen and oxygen atoms in total. The first-order valence-corrected chi connectivity index (χ1v) is 10.6. The molecule has 31 heavy (non-hydrogen) atoms. The number of nitrogens with one attached hydrogen (secondary N) is 1. The quantitative estimate of drug-likeness (QED) is 0.483. The van der Waals surface area contributed by atoms with Crippen LogP contribution in [0.2, 0.25) is 0 Å². The van der Waals surface area contributed by atoms with Crippen LogP contribution in [0.5, 0.6) is 0 Å². The third kappa shape index (κ3) is 4.13. The Hall–Kier alpha value is -3.33. The first-order chi connectivity index (χ1) is 15.3. The summed E-state index contributed by atoms with van der Waals surface area (Å²) in [6, 6.07) is 8.45. The van der Waals surface area contributed by atoms with Crippen molar-refractivity contribution in [3.05, 3.63) is 53.9 Å². The highest BCUT2D eigenvalue weighted by molar-refractivity contribution is 5.61. The molecule has 1 aromatic carbocycles. The minimum Gasteiger partial charge on any atom is -0.378 e. The van der Waals surface area contributed by atoms with Crippen LogP contribution >= 0.6 is 0 Å². The van der Waals surface area contributed by atoms with Crippen molar-refractivity contribution in [1.82, 2.24) is 35.1 Å². The fraction of sp³-hybridized carbons (Fsp3) is 0.409. The second kappa shape index (κ2) is 8.81. The van der Waals surface area contributed by atoms with Gasteiger partial charge in [0.25, 0.3) is 5.89 Å². The van der Waals surface area contributed by atoms with E-state index in [9.17, 15) is 0 Å². The lowest BCUT2D eigenvalue weighted by atomic mass is 9.95. The number of aromatic amines is 1. The molecule has 9 heteroatoms. The molecule has 0 radical (unpaired) electrons. The molecule has 3 aromatic heterocycles. The number of benzene rings is 1. The van der Waals surface area contributed by atoms with Crippen LogP contribution in [0.1, 0.15) is 55.2 Å². The average Bonchev–Trinajstić information content (AvgIpc) is 3.56. The highest BCUT2D eigenvalue weighted by Crippen LogP contribution is 2.33. The molecule has 0 amide bonds. The molecule has 0 spiro atoms. The van der Waals surface area contributed by atoms with Gasteiger partial charge in [-0.15, -0.1) is 0 Å². The van der Waals surface area contributed by atoms with E-state index in [2.05, 4.69) is 35.1 Å². The zero-order valence-electron chi connectivity index (χ0n) is 17.5. The number of rotatable bonds is 7. The smallest absolute Gasteiger partial charge is 0.261 e. The largest absolute Gasteiger partial charge is 0.378 e. The van der Waals surface area contributed by atoms with E-state index in [0.29, 0.717) is 30.8 Å². The third-order valence-corrected chi connectivity index (χ3v) is 5.81. The van der Waals surface area contributed by atoms with E-state index in [1.807, 2.05) is 30.5 Å². The van der Waals surface area contributed by atoms with Gasteiger partial charge < -0.3 is 9.26 Å². The molecule has 0 aliphatic heterocycles. The number of methoxy groups -OCH3 is 1. The Morgan fingerprint density at radius 1 is 1.16 bits per heavy atom. The van der Waals surface area contributed by atoms with Crippen molar-refractivity contribution in [2.75, 3.05) is 7.11 Å². The average molecular weight is 419 g/mol. The number of aromatic nitrogens is 7. The van der Waals surface area contributed by atoms with Gasteiger partial charge in [-0.2, -0.15) is 15.2 Å². The topological polar surface area (TPSA) is 108 Å². The lowest BCUT2D eigenvalue weighted by molar-refractivity contribution is 0.171. The van der Waals surface area contributed by atoms with Crippen LogP contribution in [0.15, 0.2) is 41.3 Å². The maximum Gasteiger partial charge on any atom is 0.261 e. The zero-order chi connectivity index (χ0) is 21.0. The minimum atomic E-state index is 0.409. The molecule has 0 atom stereocenters. The predicted octanol–water partition coefficient (Wildman–Crippen LogP) is 3.96. The highest BCUT2D eigenvalue weighted by Gasteiger charge is 2.24. The van der Waals surface area contributed by atoms with Gasteiger partial charge in [0, 0.05) is 19.1 Å². The van der Waals surface area contributed by atoms with Gasteiger partial charge in [0.2, 0.25) is 5.82 Å². The standard InChI is InChI=1S/C22H25N7O2/c1-30-13-19-18(12-25-29(19)17-5-3-2-4-6-17)22-26-21(28-31-22)16-9-7-15(8-10-16)11-20-23-14-24-27-20/h7-10,12,14,17H,2-6,11,13H2,1H3,(H,23,24,27). The van der Waals surface area contributed by atoms with Crippen molar-refractivity contribution in [1.29, 1.82) is 0 Å². The molecule has 1 fully saturated rings. The fourth-order valence-electron chi connectivity index (χ4n) is 4.22. The van der Waals surface area contributed by atoms with Crippen LogP contribution in [0.4, 0.5) is 0 Å². The molecular formula is C22H25N7O2. The lowest BCUT2D eigenvalue weighted by Crippen LogP contribution is -2.17. The van der Waals surface area contributed by atoms with Gasteiger partial charge in [0.05, 0.1) is 30.1 Å². The van der Waals surface area contributed by atoms with Crippen molar-refractivity contribution in [2.45, 2.75) is 51.2 Å². The fourth-order valence-corrected chi connectivity index (χ4v) is 4.22. The van der Waals surface area contributed by atoms with Crippen molar-refractivity contribution in [3.63, 3.8) is 0 Å². The SMILES string of the molecule is COCc1c(-c2nc(-c3ccc(Cc4ncn[nH]4)cc3)no2)cnn1C1CCCCC1. The van der Waals surface area contributed by atoms with Crippen LogP contribution in [-0.4, -0.2) is 42.2 Å². The summed E-state index contributed by atoms with van der Waals surface area (Å²) in [5, 5.41) is 15.6. The Balaban J connectivity index is 1.38. The van der Waals surface area contributed by atoms with Crippen molar-refractivity contribution in [3.8, 4) is 22.8 Å². The van der Waals surface area contributed by atoms with E-state index < -0.39 is 0 Å². The third-order valence-electron chi connectivity index (χ3n) is 5.81. The molecule has 1 aliphatic rings. The number of hydrogen-bond acceptors (Lipinski definition) is 7. The van der Waals surface area contributed by atoms with Crippen molar-refractivity contribution >= 4 is 0 Å². The summed E-state index contributed by atoms with van der Waals surface area (Å²) in [5.74, 6) is 1.85. The minimum absolute atomic E-state index is 0.409. The van der Waals surface area contributed by atoms with Crippen LogP contribution in [0.3, 0.4) is 0 Å². The Morgan fingerprint density at radius 2 is 2.00 bits per heavy atom. The second-order valence-corrected chi connectivity index (χ2v) is 7.90. The summed E-state index contributed by atoms with van der Waals surface area (Å²) >= 11 is 0. The van der Waals surface area contributed by atoms with Crippen molar-refractivity contribution < 1.29 is 9.26 Å². The summed E-state index contributed by atoms with van der Waals surface area (Å²) < 4.78 is 13.2. The van der Waals surface area contributed by atoms with Crippen molar-refractivity contribution in [2.24, 2.45) is 0 Å². The summed E-state index contributed by atoms with van der Waals surface area (Å²) in [4.78, 5) is 8.81. The Labute approximate surface area is 179 Å². The lowest BCUT2D eigenvalue weighted by Gasteiger charge is -2.24. The van der Waals surface area contributed by atoms with E-state index >= 15 is 0 Å². The monoisotopic (exact) mass is 419 g/mol. The molecule has 1 N–H and O–H groups in total. The summed E-state index contributed by atoms with van der Waals surface area (Å²) in [6.45, 7) is 0.458. The second-order valence-electron chi connectivity index (χ2n) is 7.90. The molecule has 3 heterocycles. The zero-order valence-corrected chi connectivity index (χ0v) is 17.5. The number of ether oxygens (including phenoxy) is 1. The molecule has 4 aromatic rings. The van der Waals surface area contributed by atoms with Crippen LogP contribution in [0, 0.1) is 0 Å². The molecule has 0 bridgehead atoms. The number of H-pyrrole nitrogens is 1. The first kappa shape index (κ1) is 19.6. The van der Waals surface area contributed by atoms with Gasteiger partial charge in [0.1, 0.15) is 12.2 Å². The highest BCUT2D eigenvalue weighted by atomic mass is 16.5. The molecule has 0 saturated heterocycles. The van der Waals surface area contributed by atoms with Gasteiger partial charge in [-0.05, 0) is 18.4 Å². The maximum absolute atomic E-state index is 5.61. The van der Waals surface area contributed by atoms with Crippen LogP contribution in [0.25, 0.3) is 22.8 Å². The maximum atomic E-state index is 5.61. The normalized spacial score (nSPS) is 14.9. The van der Waals surface area contributed by atoms with Gasteiger partial charge in [-0.1, -0.05) is 48.7 Å². The van der Waals surface area contributed by atoms with Gasteiger partial charge in [-0.25, -0.2) is 4.98 Å². The van der Waals surface area contributed by atoms with Crippen LogP contribution < -0.4 is 0 Å². The van der Waals surface area contributed by atoms with E-state index in [-0.39, 0.29) is 0 Å². The first-order valence-electron chi connectivity index (χ1n) is 10.6. The van der Waals surface area contributed by atoms with E-state index in [1.54, 1.807) is 7.11 Å². The van der Waals surface area contributed by atoms with E-state index in [1.165, 1.54) is 25.6 Å². The Bertz CT molecular complexity index is 1110. The summed E-state index contributed by atoms with van der Waals surface area (Å²) in [5.41, 5.74) is 3.85. The number of nitrogens with zero attached hydrogens (tertiary/aromatic N) is 6. The Kier molecular flexibility index (Phi) is 5.57.